The fraction of sp³-hybridized carbons (Fsp3) is 0.538. The summed E-state index contributed by atoms with van der Waals surface area (Å²) in [5.41, 5.74) is 0.592. The number of aliphatic hydroxyl groups is 1. The Bertz CT molecular complexity index is 389. The van der Waals surface area contributed by atoms with Gasteiger partial charge in [0, 0.05) is 10.4 Å². The van der Waals surface area contributed by atoms with Crippen molar-refractivity contribution in [3.05, 3.63) is 34.0 Å². The van der Waals surface area contributed by atoms with E-state index in [1.54, 1.807) is 11.3 Å². The second kappa shape index (κ2) is 3.46. The Morgan fingerprint density at radius 3 is 2.47 bits per heavy atom. The van der Waals surface area contributed by atoms with Gasteiger partial charge >= 0.3 is 0 Å². The van der Waals surface area contributed by atoms with Gasteiger partial charge in [-0.3, -0.25) is 0 Å². The molecule has 1 aliphatic rings. The Hall–Kier alpha value is -0.600. The number of allylic oxidation sites excluding steroid dienone is 1. The van der Waals surface area contributed by atoms with Crippen LogP contribution in [0.25, 0.3) is 0 Å². The summed E-state index contributed by atoms with van der Waals surface area (Å²) in [4.78, 5) is 1.22. The van der Waals surface area contributed by atoms with Crippen LogP contribution >= 0.6 is 11.3 Å². The summed E-state index contributed by atoms with van der Waals surface area (Å²) in [6, 6.07) is 2.04. The van der Waals surface area contributed by atoms with Crippen molar-refractivity contribution in [2.24, 2.45) is 5.41 Å². The highest BCUT2D eigenvalue weighted by Gasteiger charge is 2.34. The summed E-state index contributed by atoms with van der Waals surface area (Å²) < 4.78 is 0. The van der Waals surface area contributed by atoms with E-state index in [9.17, 15) is 5.11 Å². The first-order valence-corrected chi connectivity index (χ1v) is 6.28. The van der Waals surface area contributed by atoms with Crippen molar-refractivity contribution in [3.63, 3.8) is 0 Å². The van der Waals surface area contributed by atoms with Crippen molar-refractivity contribution in [1.29, 1.82) is 0 Å². The van der Waals surface area contributed by atoms with E-state index in [0.29, 0.717) is 0 Å². The highest BCUT2D eigenvalue weighted by atomic mass is 32.1. The molecule has 0 amide bonds. The summed E-state index contributed by atoms with van der Waals surface area (Å²) in [6.45, 7) is 6.50. The molecule has 1 unspecified atom stereocenters. The lowest BCUT2D eigenvalue weighted by atomic mass is 9.74. The Morgan fingerprint density at radius 2 is 2.00 bits per heavy atom. The van der Waals surface area contributed by atoms with Gasteiger partial charge in [-0.05, 0) is 36.6 Å². The number of thiophene rings is 1. The van der Waals surface area contributed by atoms with E-state index in [2.05, 4.69) is 32.2 Å². The highest BCUT2D eigenvalue weighted by Crippen LogP contribution is 2.41. The predicted octanol–water partition coefficient (Wildman–Crippen LogP) is 3.62. The van der Waals surface area contributed by atoms with Crippen LogP contribution in [0.2, 0.25) is 0 Å². The Labute approximate surface area is 95.5 Å². The summed E-state index contributed by atoms with van der Waals surface area (Å²) in [6.07, 6.45) is 5.99. The minimum absolute atomic E-state index is 0.232. The maximum absolute atomic E-state index is 10.6. The van der Waals surface area contributed by atoms with Crippen LogP contribution in [0.5, 0.6) is 0 Å². The zero-order chi connectivity index (χ0) is 11.1. The summed E-state index contributed by atoms with van der Waals surface area (Å²) in [7, 11) is 0. The second-order valence-corrected chi connectivity index (χ2v) is 6.26. The minimum atomic E-state index is -0.723. The number of aryl methyl sites for hydroxylation is 1. The van der Waals surface area contributed by atoms with Gasteiger partial charge in [0.2, 0.25) is 0 Å². The molecular weight excluding hydrogens is 204 g/mol. The summed E-state index contributed by atoms with van der Waals surface area (Å²) >= 11 is 1.70. The predicted molar refractivity (Wildman–Crippen MR) is 65.1 cm³/mol. The van der Waals surface area contributed by atoms with Crippen LogP contribution in [0, 0.1) is 12.3 Å². The normalized spacial score (nSPS) is 29.3. The van der Waals surface area contributed by atoms with E-state index in [4.69, 9.17) is 0 Å². The van der Waals surface area contributed by atoms with Crippen molar-refractivity contribution >= 4 is 11.3 Å². The van der Waals surface area contributed by atoms with Gasteiger partial charge in [0.25, 0.3) is 0 Å². The molecule has 15 heavy (non-hydrogen) atoms. The van der Waals surface area contributed by atoms with E-state index in [-0.39, 0.29) is 5.41 Å². The van der Waals surface area contributed by atoms with E-state index in [1.807, 2.05) is 12.1 Å². The van der Waals surface area contributed by atoms with Crippen LogP contribution in [-0.4, -0.2) is 5.11 Å². The molecule has 0 radical (unpaired) electrons. The first-order chi connectivity index (χ1) is 6.93. The fourth-order valence-corrected chi connectivity index (χ4v) is 2.88. The van der Waals surface area contributed by atoms with Gasteiger partial charge < -0.3 is 5.11 Å². The SMILES string of the molecule is Cc1sccc1C1(O)C=CC(C)(C)CC1. The third-order valence-electron chi connectivity index (χ3n) is 3.29. The highest BCUT2D eigenvalue weighted by molar-refractivity contribution is 7.10. The van der Waals surface area contributed by atoms with Gasteiger partial charge in [0.1, 0.15) is 5.60 Å². The molecule has 1 heterocycles. The van der Waals surface area contributed by atoms with E-state index < -0.39 is 5.60 Å². The monoisotopic (exact) mass is 222 g/mol. The average Bonchev–Trinajstić information content (AvgIpc) is 2.58. The molecule has 1 aromatic rings. The molecule has 2 heteroatoms. The fourth-order valence-electron chi connectivity index (χ4n) is 2.10. The average molecular weight is 222 g/mol. The molecule has 1 aliphatic carbocycles. The molecule has 0 spiro atoms. The first-order valence-electron chi connectivity index (χ1n) is 5.40. The summed E-state index contributed by atoms with van der Waals surface area (Å²) in [5.74, 6) is 0. The maximum Gasteiger partial charge on any atom is 0.109 e. The molecule has 0 aliphatic heterocycles. The van der Waals surface area contributed by atoms with Gasteiger partial charge in [0.15, 0.2) is 0 Å². The Morgan fingerprint density at radius 1 is 1.27 bits per heavy atom. The third-order valence-corrected chi connectivity index (χ3v) is 4.13. The zero-order valence-corrected chi connectivity index (χ0v) is 10.4. The molecule has 82 valence electrons. The molecule has 0 aromatic carbocycles. The van der Waals surface area contributed by atoms with Crippen molar-refractivity contribution in [1.82, 2.24) is 0 Å². The van der Waals surface area contributed by atoms with Gasteiger partial charge in [0.05, 0.1) is 0 Å². The molecule has 1 N–H and O–H groups in total. The smallest absolute Gasteiger partial charge is 0.109 e. The molecule has 0 bridgehead atoms. The molecule has 0 fully saturated rings. The van der Waals surface area contributed by atoms with Crippen LogP contribution in [0.15, 0.2) is 23.6 Å². The van der Waals surface area contributed by atoms with Gasteiger partial charge in [-0.1, -0.05) is 26.0 Å². The second-order valence-electron chi connectivity index (χ2n) is 5.14. The van der Waals surface area contributed by atoms with Gasteiger partial charge in [-0.2, -0.15) is 0 Å². The number of hydrogen-bond acceptors (Lipinski definition) is 2. The molecule has 0 saturated heterocycles. The van der Waals surface area contributed by atoms with Gasteiger partial charge in [-0.25, -0.2) is 0 Å². The molecule has 1 nitrogen and oxygen atoms in total. The quantitative estimate of drug-likeness (QED) is 0.720. The topological polar surface area (TPSA) is 20.2 Å². The van der Waals surface area contributed by atoms with E-state index in [0.717, 1.165) is 18.4 Å². The largest absolute Gasteiger partial charge is 0.381 e. The van der Waals surface area contributed by atoms with Crippen LogP contribution in [0.4, 0.5) is 0 Å². The van der Waals surface area contributed by atoms with Crippen molar-refractivity contribution in [3.8, 4) is 0 Å². The van der Waals surface area contributed by atoms with Crippen LogP contribution < -0.4 is 0 Å². The van der Waals surface area contributed by atoms with Crippen molar-refractivity contribution in [2.45, 2.75) is 39.2 Å². The third kappa shape index (κ3) is 2.01. The van der Waals surface area contributed by atoms with E-state index in [1.165, 1.54) is 4.88 Å². The lowest BCUT2D eigenvalue weighted by Crippen LogP contribution is -2.30. The van der Waals surface area contributed by atoms with E-state index >= 15 is 0 Å². The standard InChI is InChI=1S/C13H18OS/c1-10-11(4-9-15-10)13(14)7-5-12(2,3)6-8-13/h4-5,7,9,14H,6,8H2,1-3H3. The molecule has 2 rings (SSSR count). The first kappa shape index (κ1) is 10.9. The lowest BCUT2D eigenvalue weighted by molar-refractivity contribution is 0.0580. The molecule has 1 aromatic heterocycles. The lowest BCUT2D eigenvalue weighted by Gasteiger charge is -2.35. The van der Waals surface area contributed by atoms with Crippen LogP contribution in [0.3, 0.4) is 0 Å². The molecule has 0 saturated carbocycles. The molecule has 1 atom stereocenters. The van der Waals surface area contributed by atoms with Crippen molar-refractivity contribution < 1.29 is 5.11 Å². The zero-order valence-electron chi connectivity index (χ0n) is 9.58. The van der Waals surface area contributed by atoms with Crippen LogP contribution in [-0.2, 0) is 5.60 Å². The maximum atomic E-state index is 10.6. The minimum Gasteiger partial charge on any atom is -0.381 e. The van der Waals surface area contributed by atoms with Gasteiger partial charge in [-0.15, -0.1) is 11.3 Å². The number of rotatable bonds is 1. The van der Waals surface area contributed by atoms with Crippen molar-refractivity contribution in [2.75, 3.05) is 0 Å². The summed E-state index contributed by atoms with van der Waals surface area (Å²) in [5, 5.41) is 12.6. The Balaban J connectivity index is 2.35. The van der Waals surface area contributed by atoms with Crippen LogP contribution in [0.1, 0.15) is 37.1 Å². The molecular formula is C13H18OS. The Kier molecular flexibility index (Phi) is 2.52. The number of hydrogen-bond donors (Lipinski definition) is 1.